The van der Waals surface area contributed by atoms with Crippen LogP contribution in [0.4, 0.5) is 0 Å². The largest absolute Gasteiger partial charge is 0.331 e. The number of nitrogens with zero attached hydrogens (tertiary/aromatic N) is 2. The van der Waals surface area contributed by atoms with Crippen LogP contribution >= 0.6 is 0 Å². The predicted octanol–water partition coefficient (Wildman–Crippen LogP) is 2.71. The van der Waals surface area contributed by atoms with E-state index in [-0.39, 0.29) is 0 Å². The zero-order valence-corrected chi connectivity index (χ0v) is 11.0. The van der Waals surface area contributed by atoms with Gasteiger partial charge in [0, 0.05) is 30.4 Å². The molecule has 0 spiro atoms. The number of rotatable bonds is 2. The predicted molar refractivity (Wildman–Crippen MR) is 71.6 cm³/mol. The van der Waals surface area contributed by atoms with Crippen LogP contribution in [0.15, 0.2) is 12.5 Å². The van der Waals surface area contributed by atoms with Gasteiger partial charge in [0.1, 0.15) is 0 Å². The zero-order valence-electron chi connectivity index (χ0n) is 11.0. The standard InChI is InChI=1S/C15H23N3/c1-2-13(8-16-5-1)15-9-17-10-18(15)14-7-11-3-4-12(14)6-11/h9-14,16H,1-8H2. The molecule has 0 amide bonds. The fourth-order valence-electron chi connectivity index (χ4n) is 4.56. The van der Waals surface area contributed by atoms with Crippen molar-refractivity contribution in [1.29, 1.82) is 0 Å². The summed E-state index contributed by atoms with van der Waals surface area (Å²) in [5.41, 5.74) is 1.50. The van der Waals surface area contributed by atoms with Crippen molar-refractivity contribution < 1.29 is 0 Å². The van der Waals surface area contributed by atoms with Crippen molar-refractivity contribution in [3.05, 3.63) is 18.2 Å². The van der Waals surface area contributed by atoms with Crippen LogP contribution in [-0.4, -0.2) is 22.6 Å². The maximum Gasteiger partial charge on any atom is 0.0950 e. The molecule has 2 bridgehead atoms. The molecule has 4 rings (SSSR count). The van der Waals surface area contributed by atoms with Crippen molar-refractivity contribution in [3.8, 4) is 0 Å². The minimum absolute atomic E-state index is 0.695. The number of hydrogen-bond donors (Lipinski definition) is 1. The fourth-order valence-corrected chi connectivity index (χ4v) is 4.56. The van der Waals surface area contributed by atoms with Crippen LogP contribution in [0.3, 0.4) is 0 Å². The van der Waals surface area contributed by atoms with Gasteiger partial charge in [-0.1, -0.05) is 6.42 Å². The van der Waals surface area contributed by atoms with Gasteiger partial charge in [0.05, 0.1) is 6.33 Å². The quantitative estimate of drug-likeness (QED) is 0.868. The van der Waals surface area contributed by atoms with E-state index in [0.29, 0.717) is 5.92 Å². The van der Waals surface area contributed by atoms with E-state index in [9.17, 15) is 0 Å². The zero-order chi connectivity index (χ0) is 11.9. The Balaban J connectivity index is 1.59. The van der Waals surface area contributed by atoms with Gasteiger partial charge in [-0.05, 0) is 50.5 Å². The third kappa shape index (κ3) is 1.71. The van der Waals surface area contributed by atoms with Crippen molar-refractivity contribution in [2.75, 3.05) is 13.1 Å². The van der Waals surface area contributed by atoms with Crippen LogP contribution in [0.5, 0.6) is 0 Å². The summed E-state index contributed by atoms with van der Waals surface area (Å²) in [6.07, 6.45) is 12.7. The number of fused-ring (bicyclic) bond motifs is 2. The Morgan fingerprint density at radius 3 is 2.94 bits per heavy atom. The summed E-state index contributed by atoms with van der Waals surface area (Å²) in [6.45, 7) is 2.34. The summed E-state index contributed by atoms with van der Waals surface area (Å²) < 4.78 is 2.54. The molecule has 1 N–H and O–H groups in total. The van der Waals surface area contributed by atoms with Gasteiger partial charge in [-0.3, -0.25) is 0 Å². The number of hydrogen-bond acceptors (Lipinski definition) is 2. The molecule has 0 aromatic carbocycles. The molecular formula is C15H23N3. The Labute approximate surface area is 109 Å². The highest BCUT2D eigenvalue weighted by Gasteiger charge is 2.41. The first-order chi connectivity index (χ1) is 8.92. The molecule has 98 valence electrons. The van der Waals surface area contributed by atoms with E-state index in [4.69, 9.17) is 0 Å². The fraction of sp³-hybridized carbons (Fsp3) is 0.800. The molecule has 1 aromatic heterocycles. The van der Waals surface area contributed by atoms with Gasteiger partial charge in [-0.15, -0.1) is 0 Å². The number of aromatic nitrogens is 2. The van der Waals surface area contributed by atoms with Crippen LogP contribution in [0.2, 0.25) is 0 Å². The maximum absolute atomic E-state index is 4.46. The molecule has 0 radical (unpaired) electrons. The van der Waals surface area contributed by atoms with E-state index in [1.807, 2.05) is 0 Å². The molecule has 1 aliphatic heterocycles. The smallest absolute Gasteiger partial charge is 0.0950 e. The lowest BCUT2D eigenvalue weighted by molar-refractivity contribution is 0.313. The molecule has 1 aromatic rings. The third-order valence-electron chi connectivity index (χ3n) is 5.47. The molecule has 4 atom stereocenters. The average Bonchev–Trinajstić information content (AvgIpc) is 3.15. The van der Waals surface area contributed by atoms with Gasteiger partial charge >= 0.3 is 0 Å². The van der Waals surface area contributed by atoms with Crippen LogP contribution in [0.25, 0.3) is 0 Å². The van der Waals surface area contributed by atoms with Gasteiger partial charge in [-0.2, -0.15) is 0 Å². The first-order valence-corrected chi connectivity index (χ1v) is 7.64. The molecule has 2 saturated carbocycles. The summed E-state index contributed by atoms with van der Waals surface area (Å²) in [5, 5.41) is 3.53. The molecule has 3 heteroatoms. The minimum Gasteiger partial charge on any atom is -0.331 e. The Kier molecular flexibility index (Phi) is 2.68. The first-order valence-electron chi connectivity index (χ1n) is 7.64. The highest BCUT2D eigenvalue weighted by atomic mass is 15.1. The van der Waals surface area contributed by atoms with Crippen molar-refractivity contribution >= 4 is 0 Å². The summed E-state index contributed by atoms with van der Waals surface area (Å²) in [4.78, 5) is 4.46. The number of nitrogens with one attached hydrogen (secondary N) is 1. The molecule has 3 fully saturated rings. The van der Waals surface area contributed by atoms with E-state index >= 15 is 0 Å². The normalized spacial score (nSPS) is 39.3. The van der Waals surface area contributed by atoms with Gasteiger partial charge in [-0.25, -0.2) is 4.98 Å². The van der Waals surface area contributed by atoms with Crippen molar-refractivity contribution in [2.45, 2.75) is 50.5 Å². The molecule has 1 saturated heterocycles. The average molecular weight is 245 g/mol. The molecule has 3 nitrogen and oxygen atoms in total. The van der Waals surface area contributed by atoms with Gasteiger partial charge in [0.25, 0.3) is 0 Å². The Morgan fingerprint density at radius 2 is 2.22 bits per heavy atom. The van der Waals surface area contributed by atoms with Gasteiger partial charge in [0.15, 0.2) is 0 Å². The second-order valence-electron chi connectivity index (χ2n) is 6.51. The van der Waals surface area contributed by atoms with E-state index in [1.165, 1.54) is 50.8 Å². The lowest BCUT2D eigenvalue weighted by Gasteiger charge is -2.29. The third-order valence-corrected chi connectivity index (χ3v) is 5.47. The van der Waals surface area contributed by atoms with E-state index in [0.717, 1.165) is 24.4 Å². The first kappa shape index (κ1) is 11.0. The maximum atomic E-state index is 4.46. The monoisotopic (exact) mass is 245 g/mol. The highest BCUT2D eigenvalue weighted by molar-refractivity contribution is 5.11. The Morgan fingerprint density at radius 1 is 1.22 bits per heavy atom. The number of piperidine rings is 1. The summed E-state index contributed by atoms with van der Waals surface area (Å²) in [7, 11) is 0. The lowest BCUT2D eigenvalue weighted by atomic mass is 9.92. The van der Waals surface area contributed by atoms with Crippen LogP contribution in [0, 0.1) is 11.8 Å². The molecule has 4 unspecified atom stereocenters. The molecule has 3 aliphatic rings. The van der Waals surface area contributed by atoms with Crippen molar-refractivity contribution in [3.63, 3.8) is 0 Å². The second-order valence-corrected chi connectivity index (χ2v) is 6.51. The molecule has 2 heterocycles. The van der Waals surface area contributed by atoms with Crippen LogP contribution in [0.1, 0.15) is 56.2 Å². The lowest BCUT2D eigenvalue weighted by Crippen LogP contribution is -2.30. The van der Waals surface area contributed by atoms with E-state index < -0.39 is 0 Å². The molecular weight excluding hydrogens is 222 g/mol. The summed E-state index contributed by atoms with van der Waals surface area (Å²) in [6, 6.07) is 0.767. The highest BCUT2D eigenvalue weighted by Crippen LogP contribution is 2.51. The minimum atomic E-state index is 0.695. The molecule has 18 heavy (non-hydrogen) atoms. The van der Waals surface area contributed by atoms with Crippen molar-refractivity contribution in [1.82, 2.24) is 14.9 Å². The van der Waals surface area contributed by atoms with E-state index in [2.05, 4.69) is 27.4 Å². The topological polar surface area (TPSA) is 29.9 Å². The summed E-state index contributed by atoms with van der Waals surface area (Å²) in [5.74, 6) is 2.65. The van der Waals surface area contributed by atoms with E-state index in [1.54, 1.807) is 0 Å². The molecule has 2 aliphatic carbocycles. The van der Waals surface area contributed by atoms with Crippen molar-refractivity contribution in [2.24, 2.45) is 11.8 Å². The number of imidazole rings is 1. The van der Waals surface area contributed by atoms with Crippen LogP contribution < -0.4 is 5.32 Å². The SMILES string of the molecule is c1ncn(C2CC3CCC2C3)c1C1CCCNC1. The van der Waals surface area contributed by atoms with Gasteiger partial charge < -0.3 is 9.88 Å². The Bertz CT molecular complexity index is 419. The van der Waals surface area contributed by atoms with Gasteiger partial charge in [0.2, 0.25) is 0 Å². The van der Waals surface area contributed by atoms with Crippen LogP contribution in [-0.2, 0) is 0 Å². The second kappa shape index (κ2) is 4.37. The Hall–Kier alpha value is -0.830. The summed E-state index contributed by atoms with van der Waals surface area (Å²) >= 11 is 0.